The van der Waals surface area contributed by atoms with Gasteiger partial charge in [0.25, 0.3) is 0 Å². The molecule has 0 amide bonds. The molecule has 21 heavy (non-hydrogen) atoms. The molecule has 0 bridgehead atoms. The highest BCUT2D eigenvalue weighted by Gasteiger charge is 2.18. The van der Waals surface area contributed by atoms with Crippen LogP contribution in [-0.2, 0) is 9.53 Å². The van der Waals surface area contributed by atoms with Gasteiger partial charge in [-0.05, 0) is 51.4 Å². The molecule has 0 spiro atoms. The molecule has 0 unspecified atom stereocenters. The summed E-state index contributed by atoms with van der Waals surface area (Å²) in [4.78, 5) is 18.1. The van der Waals surface area contributed by atoms with Crippen LogP contribution in [0.4, 0.5) is 0 Å². The highest BCUT2D eigenvalue weighted by Crippen LogP contribution is 2.21. The lowest BCUT2D eigenvalue weighted by Crippen LogP contribution is -2.40. The number of halogens is 1. The monoisotopic (exact) mass is 409 g/mol. The molecule has 122 valence electrons. The first-order valence-corrected chi connectivity index (χ1v) is 8.00. The van der Waals surface area contributed by atoms with Crippen molar-refractivity contribution in [3.8, 4) is 0 Å². The van der Waals surface area contributed by atoms with Crippen LogP contribution in [0, 0.1) is 0 Å². The van der Waals surface area contributed by atoms with E-state index in [-0.39, 0.29) is 36.0 Å². The molecule has 2 rings (SSSR count). The third-order valence-corrected chi connectivity index (χ3v) is 4.09. The van der Waals surface area contributed by atoms with Crippen molar-refractivity contribution in [3.05, 3.63) is 0 Å². The summed E-state index contributed by atoms with van der Waals surface area (Å²) >= 11 is 0. The first-order valence-electron chi connectivity index (χ1n) is 8.00. The van der Waals surface area contributed by atoms with E-state index in [4.69, 9.17) is 10.5 Å². The molecule has 2 N–H and O–H groups in total. The minimum absolute atomic E-state index is 0. The standard InChI is InChI=1S/C15H27N3O2.HI/c16-15(18-11-4-1-5-12-18)17-10-6-9-14(19)20-13-7-2-3-8-13;/h13H,1-12H2,(H2,16,17);1H. The van der Waals surface area contributed by atoms with Gasteiger partial charge < -0.3 is 15.4 Å². The Morgan fingerprint density at radius 1 is 1.14 bits per heavy atom. The fourth-order valence-electron chi connectivity index (χ4n) is 2.89. The lowest BCUT2D eigenvalue weighted by atomic mass is 10.1. The Bertz CT molecular complexity index is 338. The van der Waals surface area contributed by atoms with Crippen LogP contribution in [0.3, 0.4) is 0 Å². The quantitative estimate of drug-likeness (QED) is 0.249. The number of esters is 1. The van der Waals surface area contributed by atoms with Crippen LogP contribution in [0.5, 0.6) is 0 Å². The Morgan fingerprint density at radius 2 is 1.81 bits per heavy atom. The van der Waals surface area contributed by atoms with Gasteiger partial charge in [-0.3, -0.25) is 9.79 Å². The summed E-state index contributed by atoms with van der Waals surface area (Å²) in [5, 5.41) is 0. The summed E-state index contributed by atoms with van der Waals surface area (Å²) in [7, 11) is 0. The van der Waals surface area contributed by atoms with Crippen LogP contribution < -0.4 is 5.73 Å². The summed E-state index contributed by atoms with van der Waals surface area (Å²) in [5.41, 5.74) is 5.96. The number of rotatable bonds is 5. The molecule has 0 aromatic heterocycles. The van der Waals surface area contributed by atoms with Crippen LogP contribution in [0.15, 0.2) is 4.99 Å². The van der Waals surface area contributed by atoms with Crippen LogP contribution in [0.25, 0.3) is 0 Å². The number of guanidine groups is 1. The summed E-state index contributed by atoms with van der Waals surface area (Å²) in [5.74, 6) is 0.553. The van der Waals surface area contributed by atoms with Gasteiger partial charge in [0.1, 0.15) is 6.10 Å². The number of nitrogens with two attached hydrogens (primary N) is 1. The smallest absolute Gasteiger partial charge is 0.306 e. The molecular formula is C15H28IN3O2. The molecule has 1 saturated carbocycles. The highest BCUT2D eigenvalue weighted by molar-refractivity contribution is 14.0. The normalized spacial score (nSPS) is 20.2. The number of hydrogen-bond donors (Lipinski definition) is 1. The Kier molecular flexibility index (Phi) is 9.03. The Labute approximate surface area is 144 Å². The van der Waals surface area contributed by atoms with Gasteiger partial charge in [-0.1, -0.05) is 0 Å². The fraction of sp³-hybridized carbons (Fsp3) is 0.867. The maximum atomic E-state index is 11.6. The second-order valence-electron chi connectivity index (χ2n) is 5.79. The van der Waals surface area contributed by atoms with E-state index in [1.807, 2.05) is 0 Å². The van der Waals surface area contributed by atoms with Crippen molar-refractivity contribution in [1.82, 2.24) is 4.90 Å². The number of nitrogens with zero attached hydrogens (tertiary/aromatic N) is 2. The summed E-state index contributed by atoms with van der Waals surface area (Å²) in [6.45, 7) is 2.64. The molecule has 2 fully saturated rings. The molecule has 1 heterocycles. The average Bonchev–Trinajstić information content (AvgIpc) is 2.97. The Hall–Kier alpha value is -0.530. The van der Waals surface area contributed by atoms with Crippen LogP contribution in [0.2, 0.25) is 0 Å². The molecule has 0 atom stereocenters. The highest BCUT2D eigenvalue weighted by atomic mass is 127. The molecular weight excluding hydrogens is 381 g/mol. The van der Waals surface area contributed by atoms with Gasteiger partial charge in [0.15, 0.2) is 5.96 Å². The lowest BCUT2D eigenvalue weighted by molar-refractivity contribution is -0.148. The molecule has 1 saturated heterocycles. The maximum Gasteiger partial charge on any atom is 0.306 e. The molecule has 0 aromatic rings. The van der Waals surface area contributed by atoms with Crippen molar-refractivity contribution in [1.29, 1.82) is 0 Å². The number of aliphatic imine (C=N–C) groups is 1. The minimum atomic E-state index is -0.0800. The van der Waals surface area contributed by atoms with Crippen molar-refractivity contribution in [2.45, 2.75) is 63.9 Å². The van der Waals surface area contributed by atoms with Crippen molar-refractivity contribution in [2.24, 2.45) is 10.7 Å². The Balaban J connectivity index is 0.00000220. The maximum absolute atomic E-state index is 11.6. The van der Waals surface area contributed by atoms with E-state index in [9.17, 15) is 4.79 Å². The zero-order valence-electron chi connectivity index (χ0n) is 12.8. The van der Waals surface area contributed by atoms with Crippen LogP contribution in [-0.4, -0.2) is 42.6 Å². The molecule has 6 heteroatoms. The van der Waals surface area contributed by atoms with Gasteiger partial charge in [0, 0.05) is 26.1 Å². The molecule has 1 aliphatic carbocycles. The van der Waals surface area contributed by atoms with Crippen molar-refractivity contribution < 1.29 is 9.53 Å². The predicted molar refractivity (Wildman–Crippen MR) is 94.9 cm³/mol. The summed E-state index contributed by atoms with van der Waals surface area (Å²) in [6, 6.07) is 0. The Morgan fingerprint density at radius 3 is 2.48 bits per heavy atom. The lowest BCUT2D eigenvalue weighted by Gasteiger charge is -2.27. The molecule has 1 aliphatic heterocycles. The number of likely N-dealkylation sites (tertiary alicyclic amines) is 1. The van der Waals surface area contributed by atoms with Gasteiger partial charge in [0.2, 0.25) is 0 Å². The minimum Gasteiger partial charge on any atom is -0.462 e. The fourth-order valence-corrected chi connectivity index (χ4v) is 2.89. The van der Waals surface area contributed by atoms with Gasteiger partial charge in [-0.25, -0.2) is 0 Å². The third-order valence-electron chi connectivity index (χ3n) is 4.09. The van der Waals surface area contributed by atoms with Crippen LogP contribution >= 0.6 is 24.0 Å². The van der Waals surface area contributed by atoms with E-state index < -0.39 is 0 Å². The molecule has 0 radical (unpaired) electrons. The van der Waals surface area contributed by atoms with Crippen LogP contribution in [0.1, 0.15) is 57.8 Å². The van der Waals surface area contributed by atoms with Crippen molar-refractivity contribution >= 4 is 35.9 Å². The van der Waals surface area contributed by atoms with E-state index in [1.54, 1.807) is 0 Å². The van der Waals surface area contributed by atoms with E-state index >= 15 is 0 Å². The van der Waals surface area contributed by atoms with E-state index in [2.05, 4.69) is 9.89 Å². The SMILES string of the molecule is I.NC(=NCCCC(=O)OC1CCCC1)N1CCCCC1. The van der Waals surface area contributed by atoms with E-state index in [0.29, 0.717) is 18.9 Å². The number of carbonyl (C=O) groups excluding carboxylic acids is 1. The number of carbonyl (C=O) groups is 1. The van der Waals surface area contributed by atoms with E-state index in [1.165, 1.54) is 32.1 Å². The number of piperidine rings is 1. The van der Waals surface area contributed by atoms with Crippen molar-refractivity contribution in [2.75, 3.05) is 19.6 Å². The second-order valence-corrected chi connectivity index (χ2v) is 5.79. The third kappa shape index (κ3) is 6.84. The second kappa shape index (κ2) is 10.2. The summed E-state index contributed by atoms with van der Waals surface area (Å²) < 4.78 is 5.41. The summed E-state index contributed by atoms with van der Waals surface area (Å²) in [6.07, 6.45) is 9.48. The molecule has 5 nitrogen and oxygen atoms in total. The van der Waals surface area contributed by atoms with Gasteiger partial charge in [0.05, 0.1) is 0 Å². The van der Waals surface area contributed by atoms with Gasteiger partial charge in [-0.2, -0.15) is 0 Å². The van der Waals surface area contributed by atoms with E-state index in [0.717, 1.165) is 32.4 Å². The number of hydrogen-bond acceptors (Lipinski definition) is 3. The number of ether oxygens (including phenoxy) is 1. The first kappa shape index (κ1) is 18.5. The topological polar surface area (TPSA) is 67.9 Å². The molecule has 0 aromatic carbocycles. The van der Waals surface area contributed by atoms with Gasteiger partial charge in [-0.15, -0.1) is 24.0 Å². The zero-order chi connectivity index (χ0) is 14.2. The largest absolute Gasteiger partial charge is 0.462 e. The molecule has 2 aliphatic rings. The van der Waals surface area contributed by atoms with Crippen molar-refractivity contribution in [3.63, 3.8) is 0 Å². The predicted octanol–water partition coefficient (Wildman–Crippen LogP) is 2.67. The zero-order valence-corrected chi connectivity index (χ0v) is 15.1. The first-order chi connectivity index (χ1) is 9.75. The average molecular weight is 409 g/mol. The van der Waals surface area contributed by atoms with Gasteiger partial charge >= 0.3 is 5.97 Å².